The van der Waals surface area contributed by atoms with Crippen LogP contribution in [0.15, 0.2) is 61.3 Å². The highest BCUT2D eigenvalue weighted by molar-refractivity contribution is 5.93. The van der Waals surface area contributed by atoms with Gasteiger partial charge in [-0.2, -0.15) is 10.2 Å². The Morgan fingerprint density at radius 1 is 1.22 bits per heavy atom. The number of hydrogen-bond acceptors (Lipinski definition) is 4. The van der Waals surface area contributed by atoms with Gasteiger partial charge in [0.1, 0.15) is 24.0 Å². The van der Waals surface area contributed by atoms with Crippen molar-refractivity contribution in [3.05, 3.63) is 72.6 Å². The molecule has 3 aromatic heterocycles. The van der Waals surface area contributed by atoms with Crippen molar-refractivity contribution in [1.29, 1.82) is 0 Å². The van der Waals surface area contributed by atoms with E-state index in [0.29, 0.717) is 5.69 Å². The molecule has 0 aliphatic heterocycles. The number of amides is 1. The lowest BCUT2D eigenvalue weighted by Gasteiger charge is -2.14. The van der Waals surface area contributed by atoms with E-state index in [1.165, 1.54) is 6.33 Å². The molecule has 0 spiro atoms. The Morgan fingerprint density at radius 2 is 2.04 bits per heavy atom. The van der Waals surface area contributed by atoms with Crippen LogP contribution >= 0.6 is 0 Å². The summed E-state index contributed by atoms with van der Waals surface area (Å²) < 4.78 is 3.64. The lowest BCUT2D eigenvalue weighted by molar-refractivity contribution is 0.0935. The zero-order chi connectivity index (χ0) is 18.8. The maximum atomic E-state index is 12.5. The van der Waals surface area contributed by atoms with E-state index in [0.717, 1.165) is 22.6 Å². The topological polar surface area (TPSA) is 93.4 Å². The number of hydrogen-bond donors (Lipinski definition) is 2. The molecule has 0 fully saturated rings. The number of benzene rings is 1. The zero-order valence-corrected chi connectivity index (χ0v) is 15.0. The summed E-state index contributed by atoms with van der Waals surface area (Å²) in [5.41, 5.74) is 4.02. The number of aromatic nitrogens is 6. The number of nitrogens with one attached hydrogen (secondary N) is 2. The van der Waals surface area contributed by atoms with E-state index < -0.39 is 0 Å². The number of aromatic amines is 1. The van der Waals surface area contributed by atoms with E-state index >= 15 is 0 Å². The van der Waals surface area contributed by atoms with Crippen LogP contribution in [0.5, 0.6) is 0 Å². The van der Waals surface area contributed by atoms with E-state index in [-0.39, 0.29) is 11.9 Å². The summed E-state index contributed by atoms with van der Waals surface area (Å²) in [5.74, 6) is -0.198. The first-order valence-corrected chi connectivity index (χ1v) is 8.55. The second kappa shape index (κ2) is 6.91. The number of H-pyrrole nitrogens is 1. The average Bonchev–Trinajstić information content (AvgIpc) is 3.43. The van der Waals surface area contributed by atoms with Crippen molar-refractivity contribution in [2.45, 2.75) is 13.0 Å². The predicted octanol–water partition coefficient (Wildman–Crippen LogP) is 2.49. The van der Waals surface area contributed by atoms with Crippen molar-refractivity contribution >= 4 is 5.91 Å². The van der Waals surface area contributed by atoms with Crippen LogP contribution in [0, 0.1) is 0 Å². The molecule has 0 saturated carbocycles. The third-order valence-electron chi connectivity index (χ3n) is 4.45. The predicted molar refractivity (Wildman–Crippen MR) is 100 cm³/mol. The maximum Gasteiger partial charge on any atom is 0.269 e. The quantitative estimate of drug-likeness (QED) is 0.571. The van der Waals surface area contributed by atoms with Crippen molar-refractivity contribution in [2.75, 3.05) is 0 Å². The highest BCUT2D eigenvalue weighted by Crippen LogP contribution is 2.19. The Bertz CT molecular complexity index is 1040. The molecular formula is C19H19N7O. The zero-order valence-electron chi connectivity index (χ0n) is 15.0. The fraction of sp³-hybridized carbons (Fsp3) is 0.158. The summed E-state index contributed by atoms with van der Waals surface area (Å²) >= 11 is 0. The molecule has 2 N–H and O–H groups in total. The number of carbonyl (C=O) groups is 1. The smallest absolute Gasteiger partial charge is 0.269 e. The van der Waals surface area contributed by atoms with E-state index in [4.69, 9.17) is 0 Å². The second-order valence-corrected chi connectivity index (χ2v) is 6.30. The first-order valence-electron chi connectivity index (χ1n) is 8.55. The summed E-state index contributed by atoms with van der Waals surface area (Å²) in [5, 5.41) is 14.1. The minimum absolute atomic E-state index is 0.149. The van der Waals surface area contributed by atoms with Crippen LogP contribution in [0.25, 0.3) is 17.1 Å². The molecule has 3 heterocycles. The van der Waals surface area contributed by atoms with Gasteiger partial charge in [-0.15, -0.1) is 0 Å². The van der Waals surface area contributed by atoms with E-state index in [9.17, 15) is 4.79 Å². The average molecular weight is 361 g/mol. The molecule has 0 radical (unpaired) electrons. The van der Waals surface area contributed by atoms with Crippen molar-refractivity contribution in [3.63, 3.8) is 0 Å². The number of rotatable bonds is 5. The molecule has 4 aromatic rings. The Kier molecular flexibility index (Phi) is 4.29. The fourth-order valence-electron chi connectivity index (χ4n) is 2.91. The van der Waals surface area contributed by atoms with Crippen LogP contribution < -0.4 is 5.32 Å². The second-order valence-electron chi connectivity index (χ2n) is 6.30. The van der Waals surface area contributed by atoms with E-state index in [2.05, 4.69) is 25.6 Å². The maximum absolute atomic E-state index is 12.5. The Labute approximate surface area is 155 Å². The number of nitrogens with zero attached hydrogens (tertiary/aromatic N) is 5. The summed E-state index contributed by atoms with van der Waals surface area (Å²) in [4.78, 5) is 16.5. The molecule has 136 valence electrons. The van der Waals surface area contributed by atoms with Crippen LogP contribution in [0.2, 0.25) is 0 Å². The van der Waals surface area contributed by atoms with Gasteiger partial charge in [0.25, 0.3) is 5.91 Å². The van der Waals surface area contributed by atoms with Crippen molar-refractivity contribution in [1.82, 2.24) is 34.8 Å². The Balaban J connectivity index is 1.45. The normalized spacial score (nSPS) is 12.1. The third-order valence-corrected chi connectivity index (χ3v) is 4.45. The van der Waals surface area contributed by atoms with Gasteiger partial charge in [-0.1, -0.05) is 12.1 Å². The van der Waals surface area contributed by atoms with E-state index in [1.54, 1.807) is 17.1 Å². The molecule has 8 heteroatoms. The largest absolute Gasteiger partial charge is 0.349 e. The Hall–Kier alpha value is -3.68. The molecule has 1 amide bonds. The van der Waals surface area contributed by atoms with Crippen molar-refractivity contribution in [2.24, 2.45) is 7.05 Å². The van der Waals surface area contributed by atoms with E-state index in [1.807, 2.05) is 61.1 Å². The lowest BCUT2D eigenvalue weighted by Crippen LogP contribution is -2.26. The molecule has 27 heavy (non-hydrogen) atoms. The van der Waals surface area contributed by atoms with Gasteiger partial charge >= 0.3 is 0 Å². The van der Waals surface area contributed by atoms with Crippen molar-refractivity contribution < 1.29 is 4.79 Å². The molecule has 0 bridgehead atoms. The van der Waals surface area contributed by atoms with Gasteiger partial charge in [0.05, 0.1) is 17.4 Å². The first-order chi connectivity index (χ1) is 13.1. The SMILES string of the molecule is C[C@@H](NC(=O)c1cc(-c2cccn2C)n[nH]1)c1ccc(-n2cncn2)cc1. The van der Waals surface area contributed by atoms with Crippen LogP contribution in [-0.4, -0.2) is 35.4 Å². The van der Waals surface area contributed by atoms with Crippen LogP contribution in [0.4, 0.5) is 0 Å². The monoisotopic (exact) mass is 361 g/mol. The van der Waals surface area contributed by atoms with Gasteiger partial charge < -0.3 is 9.88 Å². The molecular weight excluding hydrogens is 342 g/mol. The van der Waals surface area contributed by atoms with Gasteiger partial charge in [-0.25, -0.2) is 9.67 Å². The van der Waals surface area contributed by atoms with Crippen LogP contribution in [0.3, 0.4) is 0 Å². The van der Waals surface area contributed by atoms with Gasteiger partial charge in [0.15, 0.2) is 0 Å². The summed E-state index contributed by atoms with van der Waals surface area (Å²) in [7, 11) is 1.94. The summed E-state index contributed by atoms with van der Waals surface area (Å²) in [6.45, 7) is 1.94. The Morgan fingerprint density at radius 3 is 2.70 bits per heavy atom. The minimum atomic E-state index is -0.198. The molecule has 1 atom stereocenters. The molecule has 0 aliphatic carbocycles. The lowest BCUT2D eigenvalue weighted by atomic mass is 10.1. The molecule has 0 aliphatic rings. The van der Waals surface area contributed by atoms with Gasteiger partial charge in [-0.05, 0) is 42.8 Å². The summed E-state index contributed by atoms with van der Waals surface area (Å²) in [6, 6.07) is 13.3. The molecule has 0 unspecified atom stereocenters. The molecule has 4 rings (SSSR count). The first kappa shape index (κ1) is 16.8. The fourth-order valence-corrected chi connectivity index (χ4v) is 2.91. The summed E-state index contributed by atoms with van der Waals surface area (Å²) in [6.07, 6.45) is 5.07. The molecule has 8 nitrogen and oxygen atoms in total. The number of aryl methyl sites for hydroxylation is 1. The highest BCUT2D eigenvalue weighted by atomic mass is 16.2. The van der Waals surface area contributed by atoms with Crippen LogP contribution in [0.1, 0.15) is 29.0 Å². The van der Waals surface area contributed by atoms with Gasteiger partial charge in [0.2, 0.25) is 0 Å². The van der Waals surface area contributed by atoms with Crippen molar-refractivity contribution in [3.8, 4) is 17.1 Å². The third kappa shape index (κ3) is 3.37. The standard InChI is InChI=1S/C19H19N7O/c1-13(14-5-7-15(8-6-14)26-12-20-11-21-26)22-19(27)17-10-16(23-24-17)18-4-3-9-25(18)2/h3-13H,1-2H3,(H,22,27)(H,23,24)/t13-/m1/s1. The highest BCUT2D eigenvalue weighted by Gasteiger charge is 2.15. The number of carbonyl (C=O) groups excluding carboxylic acids is 1. The van der Waals surface area contributed by atoms with Crippen LogP contribution in [-0.2, 0) is 7.05 Å². The molecule has 1 aromatic carbocycles. The molecule has 0 saturated heterocycles. The minimum Gasteiger partial charge on any atom is -0.349 e. The van der Waals surface area contributed by atoms with Gasteiger partial charge in [0, 0.05) is 13.2 Å². The van der Waals surface area contributed by atoms with Gasteiger partial charge in [-0.3, -0.25) is 9.89 Å².